The molecule has 0 atom stereocenters. The van der Waals surface area contributed by atoms with Crippen molar-refractivity contribution in [2.24, 2.45) is 5.73 Å². The van der Waals surface area contributed by atoms with Gasteiger partial charge in [-0.25, -0.2) is 0 Å². The van der Waals surface area contributed by atoms with E-state index in [-0.39, 0.29) is 0 Å². The number of nitrogens with zero attached hydrogens (tertiary/aromatic N) is 1. The van der Waals surface area contributed by atoms with Crippen LogP contribution in [0.3, 0.4) is 0 Å². The number of aryl methyl sites for hydroxylation is 1. The van der Waals surface area contributed by atoms with Gasteiger partial charge in [0, 0.05) is 22.8 Å². The standard InChI is InChI=1S/C14H15ClN2O/c1-10-3-2-4-13(17-10)9-18-14-6-5-12(15)7-11(14)8-16/h2-7H,8-9,16H2,1H3. The smallest absolute Gasteiger partial charge is 0.130 e. The van der Waals surface area contributed by atoms with E-state index in [1.54, 1.807) is 6.07 Å². The number of nitrogens with two attached hydrogens (primary N) is 1. The Morgan fingerprint density at radius 2 is 2.11 bits per heavy atom. The second-order valence-corrected chi connectivity index (χ2v) is 4.45. The number of rotatable bonds is 4. The van der Waals surface area contributed by atoms with E-state index in [2.05, 4.69) is 4.98 Å². The van der Waals surface area contributed by atoms with Crippen molar-refractivity contribution in [1.82, 2.24) is 4.98 Å². The number of ether oxygens (including phenoxy) is 1. The van der Waals surface area contributed by atoms with Crippen LogP contribution < -0.4 is 10.5 Å². The summed E-state index contributed by atoms with van der Waals surface area (Å²) in [6.45, 7) is 2.78. The zero-order chi connectivity index (χ0) is 13.0. The predicted molar refractivity (Wildman–Crippen MR) is 72.6 cm³/mol. The molecule has 0 fully saturated rings. The Kier molecular flexibility index (Phi) is 4.18. The van der Waals surface area contributed by atoms with Crippen LogP contribution in [0.4, 0.5) is 0 Å². The average molecular weight is 263 g/mol. The van der Waals surface area contributed by atoms with Crippen molar-refractivity contribution in [3.8, 4) is 5.75 Å². The summed E-state index contributed by atoms with van der Waals surface area (Å²) in [7, 11) is 0. The van der Waals surface area contributed by atoms with E-state index < -0.39 is 0 Å². The summed E-state index contributed by atoms with van der Waals surface area (Å²) >= 11 is 5.91. The van der Waals surface area contributed by atoms with Gasteiger partial charge >= 0.3 is 0 Å². The SMILES string of the molecule is Cc1cccc(COc2ccc(Cl)cc2CN)n1. The lowest BCUT2D eigenvalue weighted by Crippen LogP contribution is -2.04. The van der Waals surface area contributed by atoms with Crippen molar-refractivity contribution in [2.75, 3.05) is 0 Å². The van der Waals surface area contributed by atoms with Crippen molar-refractivity contribution >= 4 is 11.6 Å². The minimum absolute atomic E-state index is 0.400. The molecule has 1 aromatic heterocycles. The summed E-state index contributed by atoms with van der Waals surface area (Å²) in [5.74, 6) is 0.755. The molecule has 4 heteroatoms. The molecule has 3 nitrogen and oxygen atoms in total. The zero-order valence-electron chi connectivity index (χ0n) is 10.2. The monoisotopic (exact) mass is 262 g/mol. The first-order chi connectivity index (χ1) is 8.69. The molecule has 1 heterocycles. The lowest BCUT2D eigenvalue weighted by molar-refractivity contribution is 0.298. The molecule has 0 saturated heterocycles. The highest BCUT2D eigenvalue weighted by molar-refractivity contribution is 6.30. The number of hydrogen-bond acceptors (Lipinski definition) is 3. The average Bonchev–Trinajstić information content (AvgIpc) is 2.37. The lowest BCUT2D eigenvalue weighted by Gasteiger charge is -2.10. The van der Waals surface area contributed by atoms with Gasteiger partial charge in [0.15, 0.2) is 0 Å². The molecule has 2 N–H and O–H groups in total. The van der Waals surface area contributed by atoms with Crippen LogP contribution >= 0.6 is 11.6 Å². The first-order valence-corrected chi connectivity index (χ1v) is 6.10. The fourth-order valence-corrected chi connectivity index (χ4v) is 1.87. The Balaban J connectivity index is 2.10. The Morgan fingerprint density at radius 1 is 1.28 bits per heavy atom. The molecular formula is C14H15ClN2O. The van der Waals surface area contributed by atoms with Gasteiger partial charge in [0.1, 0.15) is 12.4 Å². The molecule has 2 aromatic rings. The van der Waals surface area contributed by atoms with Crippen LogP contribution in [0.5, 0.6) is 5.75 Å². The van der Waals surface area contributed by atoms with Gasteiger partial charge in [-0.15, -0.1) is 0 Å². The molecule has 0 amide bonds. The number of pyridine rings is 1. The topological polar surface area (TPSA) is 48.1 Å². The predicted octanol–water partition coefficient (Wildman–Crippen LogP) is 3.08. The van der Waals surface area contributed by atoms with Gasteiger partial charge in [-0.05, 0) is 37.3 Å². The number of benzene rings is 1. The molecule has 0 bridgehead atoms. The van der Waals surface area contributed by atoms with E-state index in [4.69, 9.17) is 22.1 Å². The van der Waals surface area contributed by atoms with E-state index in [0.717, 1.165) is 22.7 Å². The van der Waals surface area contributed by atoms with Crippen LogP contribution in [-0.2, 0) is 13.2 Å². The molecule has 0 aliphatic heterocycles. The number of hydrogen-bond donors (Lipinski definition) is 1. The largest absolute Gasteiger partial charge is 0.487 e. The Labute approximate surface area is 112 Å². The molecular weight excluding hydrogens is 248 g/mol. The Hall–Kier alpha value is -1.58. The molecule has 0 aliphatic rings. The lowest BCUT2D eigenvalue weighted by atomic mass is 10.2. The van der Waals surface area contributed by atoms with Crippen LogP contribution in [-0.4, -0.2) is 4.98 Å². The zero-order valence-corrected chi connectivity index (χ0v) is 10.9. The second-order valence-electron chi connectivity index (χ2n) is 4.02. The number of aromatic nitrogens is 1. The summed E-state index contributed by atoms with van der Waals surface area (Å²) < 4.78 is 5.72. The van der Waals surface area contributed by atoms with Crippen LogP contribution in [0, 0.1) is 6.92 Å². The molecule has 1 aromatic carbocycles. The van der Waals surface area contributed by atoms with Gasteiger partial charge in [0.05, 0.1) is 5.69 Å². The van der Waals surface area contributed by atoms with Crippen LogP contribution in [0.2, 0.25) is 5.02 Å². The third-order valence-electron chi connectivity index (χ3n) is 2.56. The van der Waals surface area contributed by atoms with E-state index >= 15 is 0 Å². The Bertz CT molecular complexity index is 543. The third-order valence-corrected chi connectivity index (χ3v) is 2.80. The fourth-order valence-electron chi connectivity index (χ4n) is 1.68. The van der Waals surface area contributed by atoms with Crippen molar-refractivity contribution in [2.45, 2.75) is 20.1 Å². The molecule has 94 valence electrons. The van der Waals surface area contributed by atoms with Crippen LogP contribution in [0.15, 0.2) is 36.4 Å². The number of halogens is 1. The van der Waals surface area contributed by atoms with Gasteiger partial charge in [0.2, 0.25) is 0 Å². The van der Waals surface area contributed by atoms with Gasteiger partial charge < -0.3 is 10.5 Å². The van der Waals surface area contributed by atoms with Gasteiger partial charge in [-0.1, -0.05) is 17.7 Å². The first-order valence-electron chi connectivity index (χ1n) is 5.73. The van der Waals surface area contributed by atoms with Gasteiger partial charge in [-0.2, -0.15) is 0 Å². The van der Waals surface area contributed by atoms with Gasteiger partial charge in [-0.3, -0.25) is 4.98 Å². The summed E-state index contributed by atoms with van der Waals surface area (Å²) in [6, 6.07) is 11.3. The van der Waals surface area contributed by atoms with Crippen molar-refractivity contribution < 1.29 is 4.74 Å². The molecule has 0 spiro atoms. The summed E-state index contributed by atoms with van der Waals surface area (Å²) in [4.78, 5) is 4.38. The van der Waals surface area contributed by atoms with Crippen LogP contribution in [0.25, 0.3) is 0 Å². The minimum atomic E-state index is 0.400. The van der Waals surface area contributed by atoms with Crippen molar-refractivity contribution in [3.05, 3.63) is 58.4 Å². The quantitative estimate of drug-likeness (QED) is 0.921. The van der Waals surface area contributed by atoms with Gasteiger partial charge in [0.25, 0.3) is 0 Å². The molecule has 18 heavy (non-hydrogen) atoms. The van der Waals surface area contributed by atoms with Crippen molar-refractivity contribution in [1.29, 1.82) is 0 Å². The molecule has 0 unspecified atom stereocenters. The first kappa shape index (κ1) is 12.9. The van der Waals surface area contributed by atoms with E-state index in [1.165, 1.54) is 0 Å². The molecule has 2 rings (SSSR count). The summed E-state index contributed by atoms with van der Waals surface area (Å²) in [5.41, 5.74) is 8.43. The van der Waals surface area contributed by atoms with Crippen LogP contribution in [0.1, 0.15) is 17.0 Å². The van der Waals surface area contributed by atoms with E-state index in [1.807, 2.05) is 37.3 Å². The van der Waals surface area contributed by atoms with E-state index in [9.17, 15) is 0 Å². The van der Waals surface area contributed by atoms with Crippen molar-refractivity contribution in [3.63, 3.8) is 0 Å². The highest BCUT2D eigenvalue weighted by Crippen LogP contribution is 2.23. The second kappa shape index (κ2) is 5.85. The highest BCUT2D eigenvalue weighted by Gasteiger charge is 2.04. The maximum Gasteiger partial charge on any atom is 0.130 e. The third kappa shape index (κ3) is 3.22. The summed E-state index contributed by atoms with van der Waals surface area (Å²) in [5, 5.41) is 0.663. The minimum Gasteiger partial charge on any atom is -0.487 e. The molecule has 0 radical (unpaired) electrons. The molecule has 0 aliphatic carbocycles. The van der Waals surface area contributed by atoms with E-state index in [0.29, 0.717) is 18.2 Å². The fraction of sp³-hybridized carbons (Fsp3) is 0.214. The summed E-state index contributed by atoms with van der Waals surface area (Å²) in [6.07, 6.45) is 0. The molecule has 0 saturated carbocycles. The maximum atomic E-state index is 5.91. The Morgan fingerprint density at radius 3 is 2.83 bits per heavy atom. The normalized spacial score (nSPS) is 10.4. The maximum absolute atomic E-state index is 5.91. The highest BCUT2D eigenvalue weighted by atomic mass is 35.5.